The minimum absolute atomic E-state index is 0.0972. The fourth-order valence-corrected chi connectivity index (χ4v) is 5.75. The average Bonchev–Trinajstić information content (AvgIpc) is 3.33. The Morgan fingerprint density at radius 3 is 1.52 bits per heavy atom. The number of nitrogens with two attached hydrogens (primary N) is 8. The molecule has 17 heteroatoms. The zero-order valence-electron chi connectivity index (χ0n) is 39.6. The lowest BCUT2D eigenvalue weighted by atomic mass is 9.97. The van der Waals surface area contributed by atoms with E-state index in [1.807, 2.05) is 31.3 Å². The van der Waals surface area contributed by atoms with Gasteiger partial charge in [0.2, 0.25) is 0 Å². The Bertz CT molecular complexity index is 1370. The molecular formula is C47H89F3N12O2. The van der Waals surface area contributed by atoms with Gasteiger partial charge in [-0.15, -0.1) is 0 Å². The molecule has 0 amide bonds. The number of nitrogens with one attached hydrogen (secondary N) is 2. The van der Waals surface area contributed by atoms with Crippen molar-refractivity contribution in [1.29, 1.82) is 0 Å². The number of halogens is 3. The lowest BCUT2D eigenvalue weighted by Crippen LogP contribution is -2.39. The molecule has 1 saturated carbocycles. The number of anilines is 2. The number of ether oxygens (including phenoxy) is 1. The summed E-state index contributed by atoms with van der Waals surface area (Å²) < 4.78 is 41.4. The zero-order chi connectivity index (χ0) is 48.4. The molecule has 3 aromatic carbocycles. The monoisotopic (exact) mass is 911 g/mol. The lowest BCUT2D eigenvalue weighted by Gasteiger charge is -2.28. The van der Waals surface area contributed by atoms with Gasteiger partial charge >= 0.3 is 6.18 Å². The van der Waals surface area contributed by atoms with E-state index in [1.54, 1.807) is 30.3 Å². The predicted octanol–water partition coefficient (Wildman–Crippen LogP) is 4.03. The predicted molar refractivity (Wildman–Crippen MR) is 264 cm³/mol. The maximum absolute atomic E-state index is 12.1. The van der Waals surface area contributed by atoms with Crippen LogP contribution in [0.1, 0.15) is 80.5 Å². The van der Waals surface area contributed by atoms with Crippen LogP contribution in [0.2, 0.25) is 0 Å². The van der Waals surface area contributed by atoms with Crippen LogP contribution >= 0.6 is 0 Å². The van der Waals surface area contributed by atoms with Crippen LogP contribution in [0.4, 0.5) is 24.5 Å². The van der Waals surface area contributed by atoms with Gasteiger partial charge < -0.3 is 71.2 Å². The van der Waals surface area contributed by atoms with Crippen molar-refractivity contribution < 1.29 is 23.0 Å². The van der Waals surface area contributed by atoms with E-state index in [-0.39, 0.29) is 13.2 Å². The molecule has 14 nitrogen and oxygen atoms in total. The standard InChI is InChI=1S/C8H8F3N.C8H12N2.C7H16N2O.C7H16N2.C6H8N2.C6H13N.C3H9N.C2H7NO/c9-8(10,11)7-3-1-2-6(4-7)5-12;9-5-7-1-2-8(6-10)4-3-7;8-2-1-3-9-4-6-10-7-5-9;1-8-7-3-5-9(2)6-4-7;7-5-1-2-6(8)4-3-5;7-6-4-2-1-3-5-6;1-3-4-2;3-1-2-4/h1-4H,5,12H2;1-4H,5-6,9-10H2;1-8H2;7-8H,3-6H2,1-2H3;1-4H,7-8H2;6H,1-5,7H2;4H,3H2,1-2H3;4H,1-3H2. The Morgan fingerprint density at radius 1 is 0.703 bits per heavy atom. The molecule has 2 saturated heterocycles. The van der Waals surface area contributed by atoms with E-state index in [0.717, 1.165) is 93.0 Å². The van der Waals surface area contributed by atoms with E-state index >= 15 is 0 Å². The van der Waals surface area contributed by atoms with Crippen LogP contribution < -0.4 is 56.5 Å². The van der Waals surface area contributed by atoms with Crippen molar-refractivity contribution in [3.63, 3.8) is 0 Å². The quantitative estimate of drug-likeness (QED) is 0.136. The number of rotatable bonds is 9. The number of aliphatic hydroxyl groups is 1. The minimum Gasteiger partial charge on any atom is -0.399 e. The summed E-state index contributed by atoms with van der Waals surface area (Å²) in [6.45, 7) is 13.4. The summed E-state index contributed by atoms with van der Waals surface area (Å²) in [7, 11) is 6.17. The Labute approximate surface area is 384 Å². The molecule has 19 N–H and O–H groups in total. The Kier molecular flexibility index (Phi) is 41.3. The first kappa shape index (κ1) is 62.7. The molecule has 1 aliphatic carbocycles. The highest BCUT2D eigenvalue weighted by Crippen LogP contribution is 2.29. The summed E-state index contributed by atoms with van der Waals surface area (Å²) in [5.41, 5.74) is 46.2. The van der Waals surface area contributed by atoms with Crippen LogP contribution in [0.25, 0.3) is 0 Å². The van der Waals surface area contributed by atoms with Crippen LogP contribution in [-0.4, -0.2) is 120 Å². The summed E-state index contributed by atoms with van der Waals surface area (Å²) in [4.78, 5) is 4.78. The highest BCUT2D eigenvalue weighted by molar-refractivity contribution is 5.47. The second-order valence-corrected chi connectivity index (χ2v) is 15.4. The van der Waals surface area contributed by atoms with E-state index in [9.17, 15) is 13.2 Å². The van der Waals surface area contributed by atoms with Crippen molar-refractivity contribution >= 4 is 11.4 Å². The van der Waals surface area contributed by atoms with E-state index in [4.69, 9.17) is 55.7 Å². The second kappa shape index (κ2) is 42.2. The highest BCUT2D eigenvalue weighted by Gasteiger charge is 2.30. The molecule has 3 aromatic rings. The SMILES string of the molecule is CCNC.CNC1CCN(C)CC1.NC1CCCCC1.NCCCN1CCOCC1.NCCO.NCc1ccc(CN)cc1.NCc1cccc(C(F)(F)F)c1.Nc1ccc(N)cc1. The third-order valence-electron chi connectivity index (χ3n) is 9.96. The van der Waals surface area contributed by atoms with Gasteiger partial charge in [-0.3, -0.25) is 4.90 Å². The third kappa shape index (κ3) is 36.9. The van der Waals surface area contributed by atoms with Crippen molar-refractivity contribution in [3.8, 4) is 0 Å². The molecule has 2 aliphatic heterocycles. The Morgan fingerprint density at radius 2 is 1.17 bits per heavy atom. The number of hydrogen-bond donors (Lipinski definition) is 11. The van der Waals surface area contributed by atoms with Gasteiger partial charge in [-0.2, -0.15) is 13.2 Å². The van der Waals surface area contributed by atoms with Gasteiger partial charge in [-0.05, 0) is 133 Å². The fraction of sp³-hybridized carbons (Fsp3) is 0.617. The van der Waals surface area contributed by atoms with Crippen molar-refractivity contribution in [2.45, 2.75) is 96.2 Å². The fourth-order valence-electron chi connectivity index (χ4n) is 5.75. The van der Waals surface area contributed by atoms with Gasteiger partial charge in [0.25, 0.3) is 0 Å². The topological polar surface area (TPSA) is 268 Å². The zero-order valence-corrected chi connectivity index (χ0v) is 39.6. The summed E-state index contributed by atoms with van der Waals surface area (Å²) in [5.74, 6) is 0. The number of likely N-dealkylation sites (tertiary alicyclic amines) is 1. The molecule has 0 unspecified atom stereocenters. The third-order valence-corrected chi connectivity index (χ3v) is 9.96. The Balaban J connectivity index is 0. The van der Waals surface area contributed by atoms with Crippen LogP contribution in [0.3, 0.4) is 0 Å². The van der Waals surface area contributed by atoms with Gasteiger partial charge in [0, 0.05) is 62.7 Å². The molecule has 3 aliphatic rings. The molecule has 0 spiro atoms. The lowest BCUT2D eigenvalue weighted by molar-refractivity contribution is -0.137. The summed E-state index contributed by atoms with van der Waals surface area (Å²) in [6.07, 6.45) is 6.13. The van der Waals surface area contributed by atoms with Crippen molar-refractivity contribution in [3.05, 3.63) is 95.1 Å². The summed E-state index contributed by atoms with van der Waals surface area (Å²) in [6, 6.07) is 21.4. The highest BCUT2D eigenvalue weighted by atomic mass is 19.4. The number of nitrogens with zero attached hydrogens (tertiary/aromatic N) is 2. The number of morpholine rings is 1. The van der Waals surface area contributed by atoms with Crippen molar-refractivity contribution in [2.75, 3.05) is 105 Å². The van der Waals surface area contributed by atoms with Crippen LogP contribution in [-0.2, 0) is 30.5 Å². The van der Waals surface area contributed by atoms with Gasteiger partial charge in [0.05, 0.1) is 25.4 Å². The van der Waals surface area contributed by atoms with Gasteiger partial charge in [-0.1, -0.05) is 68.7 Å². The first-order chi connectivity index (χ1) is 30.7. The molecular weight excluding hydrogens is 822 g/mol. The maximum Gasteiger partial charge on any atom is 0.416 e. The largest absolute Gasteiger partial charge is 0.416 e. The van der Waals surface area contributed by atoms with Gasteiger partial charge in [0.15, 0.2) is 0 Å². The van der Waals surface area contributed by atoms with E-state index < -0.39 is 11.7 Å². The van der Waals surface area contributed by atoms with Crippen LogP contribution in [0.15, 0.2) is 72.8 Å². The molecule has 2 heterocycles. The van der Waals surface area contributed by atoms with E-state index in [0.29, 0.717) is 31.2 Å². The smallest absolute Gasteiger partial charge is 0.399 e. The number of hydrogen-bond acceptors (Lipinski definition) is 14. The van der Waals surface area contributed by atoms with Crippen LogP contribution in [0, 0.1) is 0 Å². The average molecular weight is 911 g/mol. The molecule has 0 bridgehead atoms. The van der Waals surface area contributed by atoms with Gasteiger partial charge in [0.1, 0.15) is 0 Å². The normalized spacial score (nSPS) is 15.3. The van der Waals surface area contributed by atoms with Crippen molar-refractivity contribution in [1.82, 2.24) is 20.4 Å². The first-order valence-electron chi connectivity index (χ1n) is 22.7. The molecule has 0 aromatic heterocycles. The summed E-state index contributed by atoms with van der Waals surface area (Å²) >= 11 is 0. The van der Waals surface area contributed by atoms with E-state index in [1.165, 1.54) is 64.1 Å². The molecule has 3 fully saturated rings. The number of benzene rings is 3. The van der Waals surface area contributed by atoms with E-state index in [2.05, 4.69) is 41.5 Å². The van der Waals surface area contributed by atoms with Gasteiger partial charge in [-0.25, -0.2) is 0 Å². The minimum atomic E-state index is -4.27. The molecule has 0 radical (unpaired) electrons. The number of alkyl halides is 3. The van der Waals surface area contributed by atoms with Crippen molar-refractivity contribution in [2.24, 2.45) is 34.4 Å². The molecule has 0 atom stereocenters. The number of nitrogen functional groups attached to an aromatic ring is 2. The number of piperidine rings is 1. The maximum atomic E-state index is 12.1. The molecule has 370 valence electrons. The second-order valence-electron chi connectivity index (χ2n) is 15.4. The number of aliphatic hydroxyl groups excluding tert-OH is 1. The Hall–Kier alpha value is -3.43. The van der Waals surface area contributed by atoms with Crippen LogP contribution in [0.5, 0.6) is 0 Å². The first-order valence-corrected chi connectivity index (χ1v) is 22.7. The molecule has 6 rings (SSSR count). The summed E-state index contributed by atoms with van der Waals surface area (Å²) in [5, 5.41) is 14.0. The molecule has 64 heavy (non-hydrogen) atoms.